The van der Waals surface area contributed by atoms with E-state index in [-0.39, 0.29) is 30.1 Å². The Morgan fingerprint density at radius 2 is 2.33 bits per heavy atom. The van der Waals surface area contributed by atoms with Crippen LogP contribution in [-0.4, -0.2) is 39.6 Å². The highest BCUT2D eigenvalue weighted by Gasteiger charge is 2.14. The molecule has 0 radical (unpaired) electrons. The lowest BCUT2D eigenvalue weighted by Crippen LogP contribution is -2.26. The quantitative estimate of drug-likeness (QED) is 0.806. The van der Waals surface area contributed by atoms with Crippen LogP contribution in [0.3, 0.4) is 0 Å². The number of H-pyrrole nitrogens is 1. The number of halogens is 1. The van der Waals surface area contributed by atoms with Gasteiger partial charge in [0.25, 0.3) is 5.91 Å². The second-order valence-corrected chi connectivity index (χ2v) is 4.29. The van der Waals surface area contributed by atoms with Crippen LogP contribution in [0.25, 0.3) is 0 Å². The summed E-state index contributed by atoms with van der Waals surface area (Å²) in [4.78, 5) is 17.5. The summed E-state index contributed by atoms with van der Waals surface area (Å²) in [5, 5.41) is 6.36. The lowest BCUT2D eigenvalue weighted by molar-refractivity contribution is 0.0781. The predicted octanol–water partition coefficient (Wildman–Crippen LogP) is 0.526. The van der Waals surface area contributed by atoms with Crippen LogP contribution in [0.2, 0.25) is 0 Å². The molecule has 0 aliphatic rings. The van der Waals surface area contributed by atoms with Crippen molar-refractivity contribution in [1.29, 1.82) is 0 Å². The molecule has 108 valence electrons. The van der Waals surface area contributed by atoms with Crippen LogP contribution in [-0.2, 0) is 6.54 Å². The number of amides is 1. The molecule has 0 fully saturated rings. The third-order valence-corrected chi connectivity index (χ3v) is 2.74. The summed E-state index contributed by atoms with van der Waals surface area (Å²) in [5.74, 6) is 4.87. The van der Waals surface area contributed by atoms with Crippen LogP contribution in [0, 0.1) is 17.7 Å². The Balaban J connectivity index is 2.14. The second-order valence-electron chi connectivity index (χ2n) is 4.29. The average Bonchev–Trinajstić information content (AvgIpc) is 2.98. The van der Waals surface area contributed by atoms with Gasteiger partial charge in [-0.15, -0.1) is 0 Å². The minimum absolute atomic E-state index is 0.153. The van der Waals surface area contributed by atoms with Gasteiger partial charge in [0.1, 0.15) is 18.0 Å². The van der Waals surface area contributed by atoms with Gasteiger partial charge in [-0.2, -0.15) is 5.10 Å². The molecule has 1 aromatic heterocycles. The van der Waals surface area contributed by atoms with Gasteiger partial charge in [0.15, 0.2) is 0 Å². The zero-order valence-corrected chi connectivity index (χ0v) is 11.4. The third kappa shape index (κ3) is 3.64. The van der Waals surface area contributed by atoms with Crippen LogP contribution in [0.5, 0.6) is 0 Å². The van der Waals surface area contributed by atoms with Gasteiger partial charge in [-0.25, -0.2) is 9.37 Å². The maximum absolute atomic E-state index is 13.8. The maximum Gasteiger partial charge on any atom is 0.254 e. The number of hydrogen-bond donors (Lipinski definition) is 2. The molecule has 2 rings (SSSR count). The summed E-state index contributed by atoms with van der Waals surface area (Å²) >= 11 is 0. The number of rotatable bonds is 3. The van der Waals surface area contributed by atoms with Crippen molar-refractivity contribution in [1.82, 2.24) is 20.1 Å². The van der Waals surface area contributed by atoms with E-state index in [1.165, 1.54) is 29.4 Å². The van der Waals surface area contributed by atoms with Crippen LogP contribution in [0.15, 0.2) is 24.5 Å². The summed E-state index contributed by atoms with van der Waals surface area (Å²) in [6, 6.07) is 4.16. The molecular weight excluding hydrogens is 273 g/mol. The highest BCUT2D eigenvalue weighted by Crippen LogP contribution is 2.12. The Labute approximate surface area is 121 Å². The van der Waals surface area contributed by atoms with Crippen molar-refractivity contribution in [2.24, 2.45) is 5.73 Å². The smallest absolute Gasteiger partial charge is 0.254 e. The Morgan fingerprint density at radius 1 is 1.52 bits per heavy atom. The van der Waals surface area contributed by atoms with E-state index in [1.807, 2.05) is 0 Å². The van der Waals surface area contributed by atoms with E-state index in [9.17, 15) is 9.18 Å². The molecule has 6 nitrogen and oxygen atoms in total. The van der Waals surface area contributed by atoms with E-state index in [2.05, 4.69) is 27.0 Å². The fourth-order valence-corrected chi connectivity index (χ4v) is 1.72. The zero-order valence-electron chi connectivity index (χ0n) is 11.4. The summed E-state index contributed by atoms with van der Waals surface area (Å²) < 4.78 is 13.8. The van der Waals surface area contributed by atoms with Crippen molar-refractivity contribution in [3.8, 4) is 11.8 Å². The third-order valence-electron chi connectivity index (χ3n) is 2.74. The molecule has 0 bridgehead atoms. The van der Waals surface area contributed by atoms with Gasteiger partial charge < -0.3 is 10.6 Å². The normalized spacial score (nSPS) is 9.86. The number of hydrogen-bond acceptors (Lipinski definition) is 4. The van der Waals surface area contributed by atoms with Crippen molar-refractivity contribution >= 4 is 5.91 Å². The van der Waals surface area contributed by atoms with Crippen LogP contribution in [0.1, 0.15) is 21.7 Å². The van der Waals surface area contributed by atoms with Gasteiger partial charge in [0.2, 0.25) is 0 Å². The fourth-order valence-electron chi connectivity index (χ4n) is 1.72. The summed E-state index contributed by atoms with van der Waals surface area (Å²) in [6.07, 6.45) is 1.36. The molecule has 1 amide bonds. The van der Waals surface area contributed by atoms with Crippen LogP contribution in [0.4, 0.5) is 4.39 Å². The van der Waals surface area contributed by atoms with Crippen molar-refractivity contribution in [3.63, 3.8) is 0 Å². The first-order chi connectivity index (χ1) is 10.1. The van der Waals surface area contributed by atoms with E-state index in [1.54, 1.807) is 7.05 Å². The topological polar surface area (TPSA) is 87.9 Å². The lowest BCUT2D eigenvalue weighted by Gasteiger charge is -2.15. The van der Waals surface area contributed by atoms with E-state index in [4.69, 9.17) is 5.73 Å². The van der Waals surface area contributed by atoms with Crippen LogP contribution >= 0.6 is 0 Å². The maximum atomic E-state index is 13.8. The first-order valence-electron chi connectivity index (χ1n) is 6.20. The minimum Gasteiger partial charge on any atom is -0.334 e. The molecule has 0 saturated carbocycles. The molecule has 0 aliphatic carbocycles. The Bertz CT molecular complexity index is 687. The van der Waals surface area contributed by atoms with Crippen molar-refractivity contribution in [2.75, 3.05) is 13.6 Å². The number of nitrogens with zero attached hydrogens (tertiary/aromatic N) is 3. The molecule has 1 heterocycles. The number of aromatic nitrogens is 3. The summed E-state index contributed by atoms with van der Waals surface area (Å²) in [5.41, 5.74) is 5.70. The zero-order chi connectivity index (χ0) is 15.2. The lowest BCUT2D eigenvalue weighted by atomic mass is 10.1. The molecule has 21 heavy (non-hydrogen) atoms. The van der Waals surface area contributed by atoms with Gasteiger partial charge in [-0.05, 0) is 18.2 Å². The summed E-state index contributed by atoms with van der Waals surface area (Å²) in [6.45, 7) is 0.412. The number of nitrogens with two attached hydrogens (primary N) is 1. The van der Waals surface area contributed by atoms with Gasteiger partial charge in [0.05, 0.1) is 18.7 Å². The van der Waals surface area contributed by atoms with Gasteiger partial charge in [-0.1, -0.05) is 11.8 Å². The van der Waals surface area contributed by atoms with Crippen LogP contribution < -0.4 is 5.73 Å². The fraction of sp³-hybridized carbons (Fsp3) is 0.214. The minimum atomic E-state index is -0.546. The highest BCUT2D eigenvalue weighted by atomic mass is 19.1. The standard InChI is InChI=1S/C14H14FN5O/c1-20(8-13-17-9-18-19-13)14(21)11-5-4-10(3-2-6-16)12(15)7-11/h4-5,7,9H,6,8,16H2,1H3,(H,17,18,19). The SMILES string of the molecule is CN(Cc1ncn[nH]1)C(=O)c1ccc(C#CCN)c(F)c1. The molecule has 0 unspecified atom stereocenters. The number of carbonyl (C=O) groups is 1. The Kier molecular flexibility index (Phi) is 4.64. The van der Waals surface area contributed by atoms with Gasteiger partial charge >= 0.3 is 0 Å². The van der Waals surface area contributed by atoms with E-state index in [0.29, 0.717) is 5.82 Å². The highest BCUT2D eigenvalue weighted by molar-refractivity contribution is 5.94. The van der Waals surface area contributed by atoms with Crippen molar-refractivity contribution < 1.29 is 9.18 Å². The molecule has 0 atom stereocenters. The summed E-state index contributed by atoms with van der Waals surface area (Å²) in [7, 11) is 1.60. The first-order valence-corrected chi connectivity index (χ1v) is 6.20. The van der Waals surface area contributed by atoms with Crippen molar-refractivity contribution in [3.05, 3.63) is 47.3 Å². The monoisotopic (exact) mass is 287 g/mol. The largest absolute Gasteiger partial charge is 0.334 e. The molecule has 0 spiro atoms. The number of carbonyl (C=O) groups excluding carboxylic acids is 1. The van der Waals surface area contributed by atoms with Crippen molar-refractivity contribution in [2.45, 2.75) is 6.54 Å². The Hall–Kier alpha value is -2.72. The molecule has 1 aromatic carbocycles. The van der Waals surface area contributed by atoms with E-state index < -0.39 is 5.82 Å². The second kappa shape index (κ2) is 6.63. The Morgan fingerprint density at radius 3 is 2.95 bits per heavy atom. The molecule has 0 saturated heterocycles. The molecule has 2 aromatic rings. The number of aromatic amines is 1. The number of benzene rings is 1. The van der Waals surface area contributed by atoms with Gasteiger partial charge in [-0.3, -0.25) is 9.89 Å². The number of nitrogens with one attached hydrogen (secondary N) is 1. The molecular formula is C14H14FN5O. The molecule has 3 N–H and O–H groups in total. The van der Waals surface area contributed by atoms with E-state index in [0.717, 1.165) is 0 Å². The predicted molar refractivity (Wildman–Crippen MR) is 74.5 cm³/mol. The van der Waals surface area contributed by atoms with E-state index >= 15 is 0 Å². The molecule has 7 heteroatoms. The van der Waals surface area contributed by atoms with Gasteiger partial charge in [0, 0.05) is 12.6 Å². The average molecular weight is 287 g/mol. The first kappa shape index (κ1) is 14.7. The molecule has 0 aliphatic heterocycles.